The number of aromatic nitrogens is 4. The molecule has 0 saturated carbocycles. The van der Waals surface area contributed by atoms with Crippen molar-refractivity contribution in [2.24, 2.45) is 0 Å². The standard InChI is InChI=1S/C11H13Br2N5O/c12-9-4-15-17(6-9)3-1-2-14-11(19)8-18-7-10(13)5-16-18/h4-7H,1-3,8H2,(H,14,19). The van der Waals surface area contributed by atoms with Crippen molar-refractivity contribution in [3.8, 4) is 0 Å². The van der Waals surface area contributed by atoms with Gasteiger partial charge in [0.25, 0.3) is 0 Å². The molecule has 1 amide bonds. The maximum Gasteiger partial charge on any atom is 0.241 e. The maximum atomic E-state index is 11.6. The summed E-state index contributed by atoms with van der Waals surface area (Å²) in [6.07, 6.45) is 7.91. The van der Waals surface area contributed by atoms with Crippen LogP contribution in [0.4, 0.5) is 0 Å². The third-order valence-electron chi connectivity index (χ3n) is 2.40. The van der Waals surface area contributed by atoms with Gasteiger partial charge < -0.3 is 5.32 Å². The molecule has 2 rings (SSSR count). The van der Waals surface area contributed by atoms with Crippen molar-refractivity contribution in [1.29, 1.82) is 0 Å². The number of halogens is 2. The lowest BCUT2D eigenvalue weighted by Crippen LogP contribution is -2.29. The summed E-state index contributed by atoms with van der Waals surface area (Å²) in [6.45, 7) is 1.64. The van der Waals surface area contributed by atoms with E-state index < -0.39 is 0 Å². The summed E-state index contributed by atoms with van der Waals surface area (Å²) in [4.78, 5) is 11.6. The average molecular weight is 391 g/mol. The van der Waals surface area contributed by atoms with Crippen LogP contribution < -0.4 is 5.32 Å². The predicted octanol–water partition coefficient (Wildman–Crippen LogP) is 1.81. The van der Waals surface area contributed by atoms with Crippen LogP contribution in [-0.4, -0.2) is 32.0 Å². The van der Waals surface area contributed by atoms with Crippen molar-refractivity contribution in [2.75, 3.05) is 6.54 Å². The largest absolute Gasteiger partial charge is 0.354 e. The summed E-state index contributed by atoms with van der Waals surface area (Å²) in [5, 5.41) is 11.0. The molecule has 0 fully saturated rings. The van der Waals surface area contributed by atoms with Gasteiger partial charge in [0.15, 0.2) is 0 Å². The van der Waals surface area contributed by atoms with E-state index in [1.807, 2.05) is 10.9 Å². The number of carbonyl (C=O) groups is 1. The van der Waals surface area contributed by atoms with Gasteiger partial charge in [-0.1, -0.05) is 0 Å². The Hall–Kier alpha value is -1.15. The van der Waals surface area contributed by atoms with E-state index >= 15 is 0 Å². The Kier molecular flexibility index (Phi) is 5.15. The summed E-state index contributed by atoms with van der Waals surface area (Å²) in [6, 6.07) is 0. The second-order valence-electron chi connectivity index (χ2n) is 3.98. The van der Waals surface area contributed by atoms with Gasteiger partial charge in [0.1, 0.15) is 6.54 Å². The normalized spacial score (nSPS) is 10.6. The van der Waals surface area contributed by atoms with Crippen LogP contribution in [0, 0.1) is 0 Å². The molecule has 0 atom stereocenters. The molecule has 0 saturated heterocycles. The van der Waals surface area contributed by atoms with Crippen LogP contribution in [0.25, 0.3) is 0 Å². The Morgan fingerprint density at radius 2 is 1.79 bits per heavy atom. The van der Waals surface area contributed by atoms with Crippen LogP contribution in [-0.2, 0) is 17.9 Å². The first-order valence-corrected chi connectivity index (χ1v) is 7.35. The van der Waals surface area contributed by atoms with E-state index in [-0.39, 0.29) is 12.5 Å². The minimum Gasteiger partial charge on any atom is -0.354 e. The number of nitrogens with zero attached hydrogens (tertiary/aromatic N) is 4. The molecule has 2 aromatic heterocycles. The monoisotopic (exact) mass is 389 g/mol. The molecule has 0 radical (unpaired) electrons. The molecule has 0 aliphatic heterocycles. The third-order valence-corrected chi connectivity index (χ3v) is 3.21. The molecule has 2 heterocycles. The predicted molar refractivity (Wildman–Crippen MR) is 77.5 cm³/mol. The lowest BCUT2D eigenvalue weighted by Gasteiger charge is -2.05. The van der Waals surface area contributed by atoms with Crippen LogP contribution in [0.5, 0.6) is 0 Å². The van der Waals surface area contributed by atoms with E-state index in [9.17, 15) is 4.79 Å². The lowest BCUT2D eigenvalue weighted by atomic mass is 10.4. The molecule has 0 aliphatic rings. The molecule has 0 aromatic carbocycles. The summed E-state index contributed by atoms with van der Waals surface area (Å²) in [7, 11) is 0. The Labute approximate surface area is 127 Å². The second-order valence-corrected chi connectivity index (χ2v) is 5.81. The van der Waals surface area contributed by atoms with Gasteiger partial charge in [0.05, 0.1) is 21.3 Å². The van der Waals surface area contributed by atoms with Gasteiger partial charge in [-0.05, 0) is 38.3 Å². The highest BCUT2D eigenvalue weighted by Crippen LogP contribution is 2.06. The third kappa shape index (κ3) is 4.79. The van der Waals surface area contributed by atoms with Crippen LogP contribution >= 0.6 is 31.9 Å². The molecule has 19 heavy (non-hydrogen) atoms. The highest BCUT2D eigenvalue weighted by Gasteiger charge is 2.03. The topological polar surface area (TPSA) is 64.7 Å². The summed E-state index contributed by atoms with van der Waals surface area (Å²) >= 11 is 6.62. The van der Waals surface area contributed by atoms with E-state index in [0.717, 1.165) is 21.9 Å². The minimum absolute atomic E-state index is 0.0442. The van der Waals surface area contributed by atoms with Gasteiger partial charge in [-0.2, -0.15) is 10.2 Å². The van der Waals surface area contributed by atoms with Crippen LogP contribution in [0.15, 0.2) is 33.7 Å². The smallest absolute Gasteiger partial charge is 0.241 e. The number of nitrogens with one attached hydrogen (secondary N) is 1. The van der Waals surface area contributed by atoms with E-state index in [4.69, 9.17) is 0 Å². The fraction of sp³-hybridized carbons (Fsp3) is 0.364. The minimum atomic E-state index is -0.0442. The molecular weight excluding hydrogens is 378 g/mol. The van der Waals surface area contributed by atoms with E-state index in [1.165, 1.54) is 0 Å². The molecule has 2 aromatic rings. The molecule has 1 N–H and O–H groups in total. The number of hydrogen-bond donors (Lipinski definition) is 1. The molecule has 8 heteroatoms. The van der Waals surface area contributed by atoms with Crippen molar-refractivity contribution < 1.29 is 4.79 Å². The zero-order valence-corrected chi connectivity index (χ0v) is 13.3. The van der Waals surface area contributed by atoms with E-state index in [0.29, 0.717) is 6.54 Å². The van der Waals surface area contributed by atoms with Crippen molar-refractivity contribution in [1.82, 2.24) is 24.9 Å². The van der Waals surface area contributed by atoms with Gasteiger partial charge in [-0.15, -0.1) is 0 Å². The Morgan fingerprint density at radius 3 is 2.37 bits per heavy atom. The molecule has 0 aliphatic carbocycles. The fourth-order valence-electron chi connectivity index (χ4n) is 1.56. The van der Waals surface area contributed by atoms with Gasteiger partial charge in [-0.25, -0.2) is 0 Å². The first kappa shape index (κ1) is 14.3. The Balaban J connectivity index is 1.64. The SMILES string of the molecule is O=C(Cn1cc(Br)cn1)NCCCn1cc(Br)cn1. The molecule has 6 nitrogen and oxygen atoms in total. The van der Waals surface area contributed by atoms with Gasteiger partial charge in [-0.3, -0.25) is 14.2 Å². The summed E-state index contributed by atoms with van der Waals surface area (Å²) < 4.78 is 5.25. The van der Waals surface area contributed by atoms with E-state index in [2.05, 4.69) is 47.4 Å². The van der Waals surface area contributed by atoms with Crippen molar-refractivity contribution in [3.63, 3.8) is 0 Å². The van der Waals surface area contributed by atoms with Crippen molar-refractivity contribution in [3.05, 3.63) is 33.7 Å². The highest BCUT2D eigenvalue weighted by atomic mass is 79.9. The van der Waals surface area contributed by atoms with Crippen molar-refractivity contribution >= 4 is 37.8 Å². The van der Waals surface area contributed by atoms with Crippen LogP contribution in [0.2, 0.25) is 0 Å². The molecular formula is C11H13Br2N5O. The first-order chi connectivity index (χ1) is 9.13. The molecule has 0 unspecified atom stereocenters. The average Bonchev–Trinajstić information content (AvgIpc) is 2.94. The number of aryl methyl sites for hydroxylation is 1. The number of rotatable bonds is 6. The maximum absolute atomic E-state index is 11.6. The number of amides is 1. The van der Waals surface area contributed by atoms with E-state index in [1.54, 1.807) is 23.3 Å². The van der Waals surface area contributed by atoms with Crippen LogP contribution in [0.3, 0.4) is 0 Å². The van der Waals surface area contributed by atoms with Gasteiger partial charge >= 0.3 is 0 Å². The Morgan fingerprint density at radius 1 is 1.16 bits per heavy atom. The van der Waals surface area contributed by atoms with Gasteiger partial charge in [0, 0.05) is 25.5 Å². The number of carbonyl (C=O) groups excluding carboxylic acids is 1. The quantitative estimate of drug-likeness (QED) is 0.765. The zero-order valence-electron chi connectivity index (χ0n) is 10.1. The molecule has 0 spiro atoms. The molecule has 102 valence electrons. The number of hydrogen-bond acceptors (Lipinski definition) is 3. The summed E-state index contributed by atoms with van der Waals surface area (Å²) in [5.74, 6) is -0.0442. The Bertz CT molecular complexity index is 551. The van der Waals surface area contributed by atoms with Crippen LogP contribution in [0.1, 0.15) is 6.42 Å². The lowest BCUT2D eigenvalue weighted by molar-refractivity contribution is -0.121. The zero-order chi connectivity index (χ0) is 13.7. The molecule has 0 bridgehead atoms. The van der Waals surface area contributed by atoms with Crippen molar-refractivity contribution in [2.45, 2.75) is 19.5 Å². The van der Waals surface area contributed by atoms with Gasteiger partial charge in [0.2, 0.25) is 5.91 Å². The fourth-order valence-corrected chi connectivity index (χ4v) is 2.21. The highest BCUT2D eigenvalue weighted by molar-refractivity contribution is 9.10. The first-order valence-electron chi connectivity index (χ1n) is 5.76. The summed E-state index contributed by atoms with van der Waals surface area (Å²) in [5.41, 5.74) is 0. The second kappa shape index (κ2) is 6.85.